The summed E-state index contributed by atoms with van der Waals surface area (Å²) in [4.78, 5) is 12.3. The van der Waals surface area contributed by atoms with E-state index in [1.165, 1.54) is 11.3 Å². The second-order valence-electron chi connectivity index (χ2n) is 5.33. The van der Waals surface area contributed by atoms with E-state index in [4.69, 9.17) is 0 Å². The SMILES string of the molecule is CCCSc1nnc(NC(=O)CN(c2ccccc2C)S(C)(=O)=O)s1. The Balaban J connectivity index is 2.10. The number of para-hydroxylation sites is 1. The Labute approximate surface area is 155 Å². The molecule has 1 N–H and O–H groups in total. The van der Waals surface area contributed by atoms with Crippen LogP contribution in [0.15, 0.2) is 28.6 Å². The predicted molar refractivity (Wildman–Crippen MR) is 103 cm³/mol. The van der Waals surface area contributed by atoms with Crippen molar-refractivity contribution >= 4 is 49.8 Å². The Bertz CT molecular complexity index is 836. The van der Waals surface area contributed by atoms with Gasteiger partial charge in [0.2, 0.25) is 21.1 Å². The molecule has 1 aromatic heterocycles. The largest absolute Gasteiger partial charge is 0.299 e. The van der Waals surface area contributed by atoms with E-state index >= 15 is 0 Å². The van der Waals surface area contributed by atoms with Crippen molar-refractivity contribution < 1.29 is 13.2 Å². The molecule has 0 radical (unpaired) electrons. The molecule has 0 aliphatic carbocycles. The van der Waals surface area contributed by atoms with Gasteiger partial charge in [-0.1, -0.05) is 48.2 Å². The smallest absolute Gasteiger partial charge is 0.246 e. The Morgan fingerprint density at radius 2 is 2.04 bits per heavy atom. The summed E-state index contributed by atoms with van der Waals surface area (Å²) in [5, 5.41) is 10.9. The van der Waals surface area contributed by atoms with Gasteiger partial charge in [0.1, 0.15) is 6.54 Å². The number of carbonyl (C=O) groups is 1. The van der Waals surface area contributed by atoms with Crippen LogP contribution in [0.1, 0.15) is 18.9 Å². The first-order valence-electron chi connectivity index (χ1n) is 7.60. The molecule has 25 heavy (non-hydrogen) atoms. The molecular weight excluding hydrogens is 380 g/mol. The molecule has 0 spiro atoms. The summed E-state index contributed by atoms with van der Waals surface area (Å²) >= 11 is 2.85. The Morgan fingerprint density at radius 3 is 2.68 bits per heavy atom. The zero-order chi connectivity index (χ0) is 18.4. The fourth-order valence-corrected chi connectivity index (χ4v) is 4.63. The van der Waals surface area contributed by atoms with E-state index in [2.05, 4.69) is 22.4 Å². The maximum absolute atomic E-state index is 12.3. The van der Waals surface area contributed by atoms with E-state index in [-0.39, 0.29) is 6.54 Å². The standard InChI is InChI=1S/C15H20N4O3S3/c1-4-9-23-15-18-17-14(24-15)16-13(20)10-19(25(3,21)22)12-8-6-5-7-11(12)2/h5-8H,4,9-10H2,1-3H3,(H,16,17,20). The molecule has 1 aromatic carbocycles. The zero-order valence-electron chi connectivity index (χ0n) is 14.2. The lowest BCUT2D eigenvalue weighted by Crippen LogP contribution is -2.37. The highest BCUT2D eigenvalue weighted by Gasteiger charge is 2.22. The van der Waals surface area contributed by atoms with Crippen molar-refractivity contribution in [3.63, 3.8) is 0 Å². The van der Waals surface area contributed by atoms with Gasteiger partial charge >= 0.3 is 0 Å². The maximum atomic E-state index is 12.3. The summed E-state index contributed by atoms with van der Waals surface area (Å²) in [6, 6.07) is 7.03. The Morgan fingerprint density at radius 1 is 1.32 bits per heavy atom. The monoisotopic (exact) mass is 400 g/mol. The summed E-state index contributed by atoms with van der Waals surface area (Å²) < 4.78 is 26.1. The predicted octanol–water partition coefficient (Wildman–Crippen LogP) is 2.75. The lowest BCUT2D eigenvalue weighted by atomic mass is 10.2. The summed E-state index contributed by atoms with van der Waals surface area (Å²) in [5.74, 6) is 0.467. The van der Waals surface area contributed by atoms with Gasteiger partial charge in [-0.2, -0.15) is 0 Å². The van der Waals surface area contributed by atoms with Crippen LogP contribution in [-0.4, -0.2) is 43.1 Å². The molecule has 0 aliphatic heterocycles. The van der Waals surface area contributed by atoms with Gasteiger partial charge in [0.15, 0.2) is 4.34 Å². The van der Waals surface area contributed by atoms with E-state index in [1.54, 1.807) is 36.9 Å². The molecule has 0 saturated heterocycles. The van der Waals surface area contributed by atoms with Crippen LogP contribution >= 0.6 is 23.1 Å². The van der Waals surface area contributed by atoms with Gasteiger partial charge in [0, 0.05) is 5.75 Å². The highest BCUT2D eigenvalue weighted by molar-refractivity contribution is 8.01. The van der Waals surface area contributed by atoms with Crippen molar-refractivity contribution in [3.8, 4) is 0 Å². The Kier molecular flexibility index (Phi) is 6.79. The fraction of sp³-hybridized carbons (Fsp3) is 0.400. The number of rotatable bonds is 8. The summed E-state index contributed by atoms with van der Waals surface area (Å²) in [5.41, 5.74) is 1.26. The van der Waals surface area contributed by atoms with Crippen molar-refractivity contribution in [2.75, 3.05) is 28.2 Å². The van der Waals surface area contributed by atoms with E-state index in [9.17, 15) is 13.2 Å². The van der Waals surface area contributed by atoms with E-state index < -0.39 is 15.9 Å². The number of nitrogens with zero attached hydrogens (tertiary/aromatic N) is 3. The fourth-order valence-electron chi connectivity index (χ4n) is 2.02. The molecule has 2 rings (SSSR count). The molecule has 0 unspecified atom stereocenters. The van der Waals surface area contributed by atoms with Gasteiger partial charge in [-0.25, -0.2) is 8.42 Å². The van der Waals surface area contributed by atoms with Crippen LogP contribution in [0.5, 0.6) is 0 Å². The molecule has 0 atom stereocenters. The second kappa shape index (κ2) is 8.63. The topological polar surface area (TPSA) is 92.3 Å². The number of hydrogen-bond donors (Lipinski definition) is 1. The van der Waals surface area contributed by atoms with Gasteiger partial charge < -0.3 is 0 Å². The number of thioether (sulfide) groups is 1. The average molecular weight is 401 g/mol. The Hall–Kier alpha value is -1.65. The molecule has 1 amide bonds. The highest BCUT2D eigenvalue weighted by atomic mass is 32.2. The third kappa shape index (κ3) is 5.68. The van der Waals surface area contributed by atoms with Crippen molar-refractivity contribution in [2.24, 2.45) is 0 Å². The normalized spacial score (nSPS) is 11.3. The van der Waals surface area contributed by atoms with Crippen LogP contribution in [-0.2, 0) is 14.8 Å². The van der Waals surface area contributed by atoms with Crippen LogP contribution < -0.4 is 9.62 Å². The number of anilines is 2. The highest BCUT2D eigenvalue weighted by Crippen LogP contribution is 2.26. The van der Waals surface area contributed by atoms with Crippen molar-refractivity contribution in [3.05, 3.63) is 29.8 Å². The van der Waals surface area contributed by atoms with Crippen molar-refractivity contribution in [1.82, 2.24) is 10.2 Å². The molecule has 0 bridgehead atoms. The minimum atomic E-state index is -3.60. The molecule has 1 heterocycles. The van der Waals surface area contributed by atoms with Crippen molar-refractivity contribution in [2.45, 2.75) is 24.6 Å². The van der Waals surface area contributed by atoms with Gasteiger partial charge in [-0.3, -0.25) is 14.4 Å². The van der Waals surface area contributed by atoms with Gasteiger partial charge in [-0.15, -0.1) is 10.2 Å². The number of hydrogen-bond acceptors (Lipinski definition) is 7. The third-order valence-electron chi connectivity index (χ3n) is 3.15. The summed E-state index contributed by atoms with van der Waals surface area (Å²) in [7, 11) is -3.60. The molecule has 0 aliphatic rings. The maximum Gasteiger partial charge on any atom is 0.246 e. The minimum Gasteiger partial charge on any atom is -0.299 e. The van der Waals surface area contributed by atoms with Crippen LogP contribution in [0.25, 0.3) is 0 Å². The van der Waals surface area contributed by atoms with Crippen LogP contribution in [0.2, 0.25) is 0 Å². The molecular formula is C15H20N4O3S3. The van der Waals surface area contributed by atoms with Crippen molar-refractivity contribution in [1.29, 1.82) is 0 Å². The molecule has 10 heteroatoms. The lowest BCUT2D eigenvalue weighted by molar-refractivity contribution is -0.114. The quantitative estimate of drug-likeness (QED) is 0.541. The molecule has 2 aromatic rings. The number of aromatic nitrogens is 2. The van der Waals surface area contributed by atoms with E-state index in [0.717, 1.165) is 32.6 Å². The molecule has 136 valence electrons. The molecule has 7 nitrogen and oxygen atoms in total. The number of sulfonamides is 1. The summed E-state index contributed by atoms with van der Waals surface area (Å²) in [6.45, 7) is 3.55. The number of aryl methyl sites for hydroxylation is 1. The number of carbonyl (C=O) groups excluding carboxylic acids is 1. The first kappa shape index (κ1) is 19.7. The minimum absolute atomic E-state index is 0.319. The van der Waals surface area contributed by atoms with Gasteiger partial charge in [0.25, 0.3) is 0 Å². The van der Waals surface area contributed by atoms with Crippen LogP contribution in [0.3, 0.4) is 0 Å². The van der Waals surface area contributed by atoms with E-state index in [1.807, 2.05) is 6.07 Å². The molecule has 0 saturated carbocycles. The number of nitrogens with one attached hydrogen (secondary N) is 1. The number of benzene rings is 1. The third-order valence-corrected chi connectivity index (χ3v) is 6.46. The van der Waals surface area contributed by atoms with Gasteiger partial charge in [0.05, 0.1) is 11.9 Å². The first-order valence-corrected chi connectivity index (χ1v) is 11.3. The van der Waals surface area contributed by atoms with E-state index in [0.29, 0.717) is 10.8 Å². The van der Waals surface area contributed by atoms with Crippen LogP contribution in [0, 0.1) is 6.92 Å². The van der Waals surface area contributed by atoms with Crippen LogP contribution in [0.4, 0.5) is 10.8 Å². The number of amides is 1. The lowest BCUT2D eigenvalue weighted by Gasteiger charge is -2.23. The zero-order valence-corrected chi connectivity index (χ0v) is 16.7. The summed E-state index contributed by atoms with van der Waals surface area (Å²) in [6.07, 6.45) is 2.10. The second-order valence-corrected chi connectivity index (χ2v) is 9.55. The van der Waals surface area contributed by atoms with Gasteiger partial charge in [-0.05, 0) is 25.0 Å². The molecule has 0 fully saturated rings. The average Bonchev–Trinajstić information content (AvgIpc) is 2.98. The first-order chi connectivity index (χ1) is 11.8.